The van der Waals surface area contributed by atoms with Gasteiger partial charge in [0.1, 0.15) is 0 Å². The minimum Gasteiger partial charge on any atom is -0.379 e. The number of alkyl halides is 3. The quantitative estimate of drug-likeness (QED) is 0.840. The largest absolute Gasteiger partial charge is 0.446 e. The topological polar surface area (TPSA) is 64.3 Å². The summed E-state index contributed by atoms with van der Waals surface area (Å²) in [5.41, 5.74) is 1.11. The molecule has 116 valence electrons. The number of hydrogen-bond acceptors (Lipinski definition) is 4. The highest BCUT2D eigenvalue weighted by Crippen LogP contribution is 2.37. The lowest BCUT2D eigenvalue weighted by molar-refractivity contribution is -0.125. The second-order valence-electron chi connectivity index (χ2n) is 5.07. The van der Waals surface area contributed by atoms with Crippen LogP contribution in [0.1, 0.15) is 6.92 Å². The number of amides is 1. The van der Waals surface area contributed by atoms with E-state index in [1.165, 1.54) is 24.3 Å². The Kier molecular flexibility index (Phi) is 4.50. The third kappa shape index (κ3) is 3.90. The van der Waals surface area contributed by atoms with E-state index < -0.39 is 17.0 Å². The van der Waals surface area contributed by atoms with Crippen LogP contribution in [0.25, 0.3) is 0 Å². The van der Waals surface area contributed by atoms with E-state index in [1.807, 2.05) is 0 Å². The van der Waals surface area contributed by atoms with Gasteiger partial charge >= 0.3 is 5.51 Å². The highest BCUT2D eigenvalue weighted by atomic mass is 32.2. The molecule has 1 saturated heterocycles. The number of anilines is 1. The molecule has 0 radical (unpaired) electrons. The number of ether oxygens (including phenoxy) is 1. The van der Waals surface area contributed by atoms with Crippen molar-refractivity contribution in [2.24, 2.45) is 11.1 Å². The first-order valence-electron chi connectivity index (χ1n) is 6.21. The van der Waals surface area contributed by atoms with Crippen molar-refractivity contribution in [3.05, 3.63) is 24.3 Å². The van der Waals surface area contributed by atoms with Gasteiger partial charge in [0.2, 0.25) is 5.91 Å². The zero-order valence-corrected chi connectivity index (χ0v) is 12.1. The van der Waals surface area contributed by atoms with Crippen LogP contribution in [0, 0.1) is 5.41 Å². The smallest absolute Gasteiger partial charge is 0.379 e. The highest BCUT2D eigenvalue weighted by Gasteiger charge is 2.44. The Balaban J connectivity index is 2.02. The Morgan fingerprint density at radius 2 is 2.05 bits per heavy atom. The SMILES string of the molecule is CC1(C(=O)Nc2ccc(SC(F)(F)F)cc2)COCC1N. The van der Waals surface area contributed by atoms with Crippen LogP contribution in [0.4, 0.5) is 18.9 Å². The monoisotopic (exact) mass is 320 g/mol. The predicted octanol–water partition coefficient (Wildman–Crippen LogP) is 2.60. The van der Waals surface area contributed by atoms with Crippen LogP contribution in [0.5, 0.6) is 0 Å². The van der Waals surface area contributed by atoms with Gasteiger partial charge in [-0.3, -0.25) is 4.79 Å². The summed E-state index contributed by atoms with van der Waals surface area (Å²) in [6.07, 6.45) is 0. The standard InChI is InChI=1S/C13H15F3N2O2S/c1-12(7-20-6-10(12)17)11(19)18-8-2-4-9(5-3-8)21-13(14,15)16/h2-5,10H,6-7,17H2,1H3,(H,18,19). The van der Waals surface area contributed by atoms with Crippen LogP contribution in [-0.4, -0.2) is 30.7 Å². The summed E-state index contributed by atoms with van der Waals surface area (Å²) in [6.45, 7) is 2.24. The third-order valence-corrected chi connectivity index (χ3v) is 4.12. The lowest BCUT2D eigenvalue weighted by Gasteiger charge is -2.25. The number of nitrogens with one attached hydrogen (secondary N) is 1. The summed E-state index contributed by atoms with van der Waals surface area (Å²) in [5, 5.41) is 2.66. The van der Waals surface area contributed by atoms with E-state index in [-0.39, 0.29) is 29.2 Å². The van der Waals surface area contributed by atoms with E-state index in [4.69, 9.17) is 10.5 Å². The molecule has 0 spiro atoms. The van der Waals surface area contributed by atoms with Crippen LogP contribution in [0.2, 0.25) is 0 Å². The van der Waals surface area contributed by atoms with Crippen LogP contribution < -0.4 is 11.1 Å². The predicted molar refractivity (Wildman–Crippen MR) is 73.9 cm³/mol. The molecule has 8 heteroatoms. The van der Waals surface area contributed by atoms with Gasteiger partial charge in [-0.1, -0.05) is 0 Å². The summed E-state index contributed by atoms with van der Waals surface area (Å²) in [6, 6.07) is 5.06. The molecule has 0 saturated carbocycles. The molecule has 2 atom stereocenters. The zero-order chi connectivity index (χ0) is 15.7. The minimum atomic E-state index is -4.33. The van der Waals surface area contributed by atoms with Gasteiger partial charge in [-0.15, -0.1) is 0 Å². The van der Waals surface area contributed by atoms with E-state index in [0.29, 0.717) is 12.3 Å². The molecule has 3 N–H and O–H groups in total. The Morgan fingerprint density at radius 1 is 1.43 bits per heavy atom. The Bertz CT molecular complexity index is 521. The molecule has 21 heavy (non-hydrogen) atoms. The van der Waals surface area contributed by atoms with E-state index in [1.54, 1.807) is 6.92 Å². The maximum Gasteiger partial charge on any atom is 0.446 e. The van der Waals surface area contributed by atoms with Gasteiger partial charge in [0.25, 0.3) is 0 Å². The number of halogens is 3. The average Bonchev–Trinajstić information content (AvgIpc) is 2.72. The number of rotatable bonds is 3. The molecule has 1 aromatic carbocycles. The molecule has 1 aliphatic rings. The minimum absolute atomic E-state index is 0.0626. The van der Waals surface area contributed by atoms with E-state index in [0.717, 1.165) is 0 Å². The first-order chi connectivity index (χ1) is 9.71. The van der Waals surface area contributed by atoms with Crippen molar-refractivity contribution in [3.8, 4) is 0 Å². The van der Waals surface area contributed by atoms with Gasteiger partial charge in [0.15, 0.2) is 0 Å². The van der Waals surface area contributed by atoms with Gasteiger partial charge in [0.05, 0.1) is 18.6 Å². The van der Waals surface area contributed by atoms with Crippen molar-refractivity contribution in [3.63, 3.8) is 0 Å². The second kappa shape index (κ2) is 5.86. The van der Waals surface area contributed by atoms with Gasteiger partial charge in [-0.25, -0.2) is 0 Å². The number of carbonyl (C=O) groups excluding carboxylic acids is 1. The summed E-state index contributed by atoms with van der Waals surface area (Å²) in [4.78, 5) is 12.3. The van der Waals surface area contributed by atoms with Gasteiger partial charge < -0.3 is 15.8 Å². The molecule has 1 heterocycles. The van der Waals surface area contributed by atoms with Crippen molar-refractivity contribution in [1.82, 2.24) is 0 Å². The Hall–Kier alpha value is -1.25. The molecule has 1 amide bonds. The average molecular weight is 320 g/mol. The Labute approximate surface area is 124 Å². The second-order valence-corrected chi connectivity index (χ2v) is 6.20. The fourth-order valence-corrected chi connectivity index (χ4v) is 2.48. The molecule has 0 aromatic heterocycles. The van der Waals surface area contributed by atoms with Crippen LogP contribution in [0.3, 0.4) is 0 Å². The van der Waals surface area contributed by atoms with Crippen molar-refractivity contribution in [1.29, 1.82) is 0 Å². The van der Waals surface area contributed by atoms with Crippen LogP contribution in [0.15, 0.2) is 29.2 Å². The zero-order valence-electron chi connectivity index (χ0n) is 11.2. The van der Waals surface area contributed by atoms with Crippen LogP contribution in [-0.2, 0) is 9.53 Å². The fourth-order valence-electron chi connectivity index (χ4n) is 1.94. The molecular formula is C13H15F3N2O2S. The molecule has 2 rings (SSSR count). The maximum atomic E-state index is 12.2. The summed E-state index contributed by atoms with van der Waals surface area (Å²) in [5.74, 6) is -0.302. The molecule has 1 aliphatic heterocycles. The summed E-state index contributed by atoms with van der Waals surface area (Å²) < 4.78 is 41.8. The van der Waals surface area contributed by atoms with Crippen molar-refractivity contribution < 1.29 is 22.7 Å². The summed E-state index contributed by atoms with van der Waals surface area (Å²) in [7, 11) is 0. The lowest BCUT2D eigenvalue weighted by atomic mass is 9.85. The maximum absolute atomic E-state index is 12.2. The summed E-state index contributed by atoms with van der Waals surface area (Å²) >= 11 is -0.199. The lowest BCUT2D eigenvalue weighted by Crippen LogP contribution is -2.47. The number of hydrogen-bond donors (Lipinski definition) is 2. The molecule has 2 unspecified atom stereocenters. The molecular weight excluding hydrogens is 305 g/mol. The van der Waals surface area contributed by atoms with Crippen molar-refractivity contribution >= 4 is 23.4 Å². The third-order valence-electron chi connectivity index (χ3n) is 3.38. The van der Waals surface area contributed by atoms with E-state index >= 15 is 0 Å². The van der Waals surface area contributed by atoms with Gasteiger partial charge in [-0.05, 0) is 43.0 Å². The number of benzene rings is 1. The fraction of sp³-hybridized carbons (Fsp3) is 0.462. The number of carbonyl (C=O) groups is 1. The first-order valence-corrected chi connectivity index (χ1v) is 7.03. The van der Waals surface area contributed by atoms with E-state index in [9.17, 15) is 18.0 Å². The highest BCUT2D eigenvalue weighted by molar-refractivity contribution is 8.00. The molecule has 4 nitrogen and oxygen atoms in total. The normalized spacial score (nSPS) is 25.9. The van der Waals surface area contributed by atoms with Gasteiger partial charge in [0, 0.05) is 16.6 Å². The molecule has 1 fully saturated rings. The first kappa shape index (κ1) is 16.1. The Morgan fingerprint density at radius 3 is 2.52 bits per heavy atom. The number of thioether (sulfide) groups is 1. The van der Waals surface area contributed by atoms with Crippen molar-refractivity contribution in [2.45, 2.75) is 23.4 Å². The molecule has 1 aromatic rings. The molecule has 0 bridgehead atoms. The van der Waals surface area contributed by atoms with E-state index in [2.05, 4.69) is 5.32 Å². The van der Waals surface area contributed by atoms with Crippen molar-refractivity contribution in [2.75, 3.05) is 18.5 Å². The number of nitrogens with two attached hydrogens (primary N) is 1. The molecule has 0 aliphatic carbocycles. The van der Waals surface area contributed by atoms with Crippen LogP contribution >= 0.6 is 11.8 Å². The van der Waals surface area contributed by atoms with Gasteiger partial charge in [-0.2, -0.15) is 13.2 Å².